The number of hydrogen-bond acceptors (Lipinski definition) is 2. The fourth-order valence-electron chi connectivity index (χ4n) is 2.28. The summed E-state index contributed by atoms with van der Waals surface area (Å²) in [5.74, 6) is -3.00. The molecule has 1 fully saturated rings. The molecule has 0 radical (unpaired) electrons. The van der Waals surface area contributed by atoms with Crippen molar-refractivity contribution in [2.75, 3.05) is 18.0 Å². The molecule has 0 spiro atoms. The number of aromatic carboxylic acids is 1. The smallest absolute Gasteiger partial charge is 0.338 e. The van der Waals surface area contributed by atoms with E-state index in [4.69, 9.17) is 5.11 Å². The van der Waals surface area contributed by atoms with Crippen LogP contribution in [-0.4, -0.2) is 24.2 Å². The van der Waals surface area contributed by atoms with Crippen molar-refractivity contribution in [3.63, 3.8) is 0 Å². The molecule has 1 N–H and O–H groups in total. The van der Waals surface area contributed by atoms with Crippen molar-refractivity contribution in [2.45, 2.75) is 13.8 Å². The van der Waals surface area contributed by atoms with Crippen LogP contribution in [0.25, 0.3) is 0 Å². The summed E-state index contributed by atoms with van der Waals surface area (Å²) >= 11 is 0. The van der Waals surface area contributed by atoms with E-state index >= 15 is 0 Å². The minimum atomic E-state index is -1.46. The third-order valence-electron chi connectivity index (χ3n) is 3.62. The predicted molar refractivity (Wildman–Crippen MR) is 63.9 cm³/mol. The van der Waals surface area contributed by atoms with Crippen LogP contribution in [0, 0.1) is 23.5 Å². The summed E-state index contributed by atoms with van der Waals surface area (Å²) in [5, 5.41) is 8.71. The number of benzene rings is 1. The summed E-state index contributed by atoms with van der Waals surface area (Å²) in [5.41, 5.74) is -0.481. The Balaban J connectivity index is 2.36. The van der Waals surface area contributed by atoms with Gasteiger partial charge in [-0.2, -0.15) is 0 Å². The van der Waals surface area contributed by atoms with Crippen LogP contribution < -0.4 is 4.90 Å². The van der Waals surface area contributed by atoms with Gasteiger partial charge in [-0.05, 0) is 24.0 Å². The van der Waals surface area contributed by atoms with Gasteiger partial charge < -0.3 is 10.0 Å². The molecule has 2 atom stereocenters. The van der Waals surface area contributed by atoms with Gasteiger partial charge in [0, 0.05) is 13.1 Å². The Bertz CT molecular complexity index is 480. The van der Waals surface area contributed by atoms with Gasteiger partial charge in [0.05, 0.1) is 11.3 Å². The van der Waals surface area contributed by atoms with E-state index in [1.807, 2.05) is 0 Å². The van der Waals surface area contributed by atoms with Crippen LogP contribution in [0.1, 0.15) is 24.2 Å². The van der Waals surface area contributed by atoms with Gasteiger partial charge in [0.25, 0.3) is 0 Å². The molecule has 98 valence electrons. The largest absolute Gasteiger partial charge is 0.478 e. The van der Waals surface area contributed by atoms with E-state index in [0.717, 1.165) is 6.07 Å². The second kappa shape index (κ2) is 4.55. The van der Waals surface area contributed by atoms with Crippen molar-refractivity contribution in [1.82, 2.24) is 0 Å². The Kier molecular flexibility index (Phi) is 3.24. The van der Waals surface area contributed by atoms with Gasteiger partial charge in [-0.1, -0.05) is 13.8 Å². The van der Waals surface area contributed by atoms with Crippen LogP contribution in [0.2, 0.25) is 0 Å². The molecule has 3 nitrogen and oxygen atoms in total. The van der Waals surface area contributed by atoms with Crippen LogP contribution >= 0.6 is 0 Å². The lowest BCUT2D eigenvalue weighted by atomic mass is 10.0. The first-order valence-electron chi connectivity index (χ1n) is 5.88. The summed E-state index contributed by atoms with van der Waals surface area (Å²) < 4.78 is 27.4. The monoisotopic (exact) mass is 255 g/mol. The third-order valence-corrected chi connectivity index (χ3v) is 3.62. The van der Waals surface area contributed by atoms with Gasteiger partial charge in [0.15, 0.2) is 11.6 Å². The van der Waals surface area contributed by atoms with Gasteiger partial charge >= 0.3 is 5.97 Å². The van der Waals surface area contributed by atoms with Crippen molar-refractivity contribution in [3.8, 4) is 0 Å². The standard InChI is InChI=1S/C13H15F2NO2/c1-7-5-16(6-8(7)2)10-4-3-9(13(17)18)11(14)12(10)15/h3-4,7-8H,5-6H2,1-2H3,(H,17,18). The number of carboxylic acids is 1. The molecular weight excluding hydrogens is 240 g/mol. The topological polar surface area (TPSA) is 40.5 Å². The Hall–Kier alpha value is -1.65. The zero-order valence-corrected chi connectivity index (χ0v) is 10.3. The van der Waals surface area contributed by atoms with E-state index in [-0.39, 0.29) is 5.69 Å². The number of rotatable bonds is 2. The summed E-state index contributed by atoms with van der Waals surface area (Å²) in [6.07, 6.45) is 0. The number of halogens is 2. The maximum atomic E-state index is 13.8. The molecule has 5 heteroatoms. The lowest BCUT2D eigenvalue weighted by Gasteiger charge is -2.19. The summed E-state index contributed by atoms with van der Waals surface area (Å²) in [6.45, 7) is 5.43. The molecule has 2 unspecified atom stereocenters. The Morgan fingerprint density at radius 2 is 1.78 bits per heavy atom. The molecule has 2 rings (SSSR count). The first kappa shape index (κ1) is 12.8. The van der Waals surface area contributed by atoms with Crippen LogP contribution in [-0.2, 0) is 0 Å². The summed E-state index contributed by atoms with van der Waals surface area (Å²) in [7, 11) is 0. The third kappa shape index (κ3) is 2.05. The van der Waals surface area contributed by atoms with Crippen molar-refractivity contribution >= 4 is 11.7 Å². The molecule has 1 aliphatic heterocycles. The van der Waals surface area contributed by atoms with Gasteiger partial charge in [-0.25, -0.2) is 13.6 Å². The molecule has 1 saturated heterocycles. The molecule has 0 amide bonds. The van der Waals surface area contributed by atoms with Gasteiger partial charge in [0.2, 0.25) is 0 Å². The van der Waals surface area contributed by atoms with E-state index in [1.54, 1.807) is 4.90 Å². The van der Waals surface area contributed by atoms with E-state index in [1.165, 1.54) is 6.07 Å². The Morgan fingerprint density at radius 1 is 1.22 bits per heavy atom. The maximum Gasteiger partial charge on any atom is 0.338 e. The summed E-state index contributed by atoms with van der Waals surface area (Å²) in [6, 6.07) is 2.45. The molecule has 1 aromatic carbocycles. The van der Waals surface area contributed by atoms with E-state index < -0.39 is 23.2 Å². The molecule has 1 heterocycles. The van der Waals surface area contributed by atoms with E-state index in [9.17, 15) is 13.6 Å². The average Bonchev–Trinajstić information content (AvgIpc) is 2.62. The van der Waals surface area contributed by atoms with Crippen LogP contribution in [0.3, 0.4) is 0 Å². The normalized spacial score (nSPS) is 23.4. The SMILES string of the molecule is CC1CN(c2ccc(C(=O)O)c(F)c2F)CC1C. The van der Waals surface area contributed by atoms with Crippen molar-refractivity contribution in [2.24, 2.45) is 11.8 Å². The van der Waals surface area contributed by atoms with E-state index in [0.29, 0.717) is 24.9 Å². The maximum absolute atomic E-state index is 13.8. The Morgan fingerprint density at radius 3 is 2.28 bits per heavy atom. The highest BCUT2D eigenvalue weighted by Crippen LogP contribution is 2.31. The summed E-state index contributed by atoms with van der Waals surface area (Å²) in [4.78, 5) is 12.5. The average molecular weight is 255 g/mol. The fraction of sp³-hybridized carbons (Fsp3) is 0.462. The quantitative estimate of drug-likeness (QED) is 0.883. The predicted octanol–water partition coefficient (Wildman–Crippen LogP) is 2.76. The number of carbonyl (C=O) groups is 1. The first-order chi connectivity index (χ1) is 8.41. The Labute approximate surface area is 104 Å². The van der Waals surface area contributed by atoms with E-state index in [2.05, 4.69) is 13.8 Å². The second-order valence-corrected chi connectivity index (χ2v) is 4.92. The minimum absolute atomic E-state index is 0.147. The zero-order valence-electron chi connectivity index (χ0n) is 10.3. The van der Waals surface area contributed by atoms with Crippen LogP contribution in [0.15, 0.2) is 12.1 Å². The van der Waals surface area contributed by atoms with Gasteiger partial charge in [-0.15, -0.1) is 0 Å². The van der Waals surface area contributed by atoms with Crippen LogP contribution in [0.5, 0.6) is 0 Å². The highest BCUT2D eigenvalue weighted by Gasteiger charge is 2.29. The lowest BCUT2D eigenvalue weighted by Crippen LogP contribution is -2.22. The highest BCUT2D eigenvalue weighted by molar-refractivity contribution is 5.88. The molecule has 1 aliphatic rings. The fourth-order valence-corrected chi connectivity index (χ4v) is 2.28. The van der Waals surface area contributed by atoms with Crippen LogP contribution in [0.4, 0.5) is 14.5 Å². The molecular formula is C13H15F2NO2. The molecule has 0 saturated carbocycles. The number of carboxylic acid groups (broad SMARTS) is 1. The number of hydrogen-bond donors (Lipinski definition) is 1. The first-order valence-corrected chi connectivity index (χ1v) is 5.88. The number of anilines is 1. The van der Waals surface area contributed by atoms with Crippen molar-refractivity contribution in [1.29, 1.82) is 0 Å². The second-order valence-electron chi connectivity index (χ2n) is 4.92. The van der Waals surface area contributed by atoms with Crippen molar-refractivity contribution < 1.29 is 18.7 Å². The molecule has 0 bridgehead atoms. The number of nitrogens with zero attached hydrogens (tertiary/aromatic N) is 1. The molecule has 0 aliphatic carbocycles. The molecule has 0 aromatic heterocycles. The highest BCUT2D eigenvalue weighted by atomic mass is 19.2. The van der Waals surface area contributed by atoms with Gasteiger partial charge in [0.1, 0.15) is 0 Å². The van der Waals surface area contributed by atoms with Gasteiger partial charge in [-0.3, -0.25) is 0 Å². The van der Waals surface area contributed by atoms with Crippen molar-refractivity contribution in [3.05, 3.63) is 29.3 Å². The molecule has 18 heavy (non-hydrogen) atoms. The molecule has 1 aromatic rings. The zero-order chi connectivity index (χ0) is 13.4. The minimum Gasteiger partial charge on any atom is -0.478 e. The lowest BCUT2D eigenvalue weighted by molar-refractivity contribution is 0.0690.